The molecule has 9 heterocycles. The van der Waals surface area contributed by atoms with E-state index in [9.17, 15) is 33.6 Å². The molecule has 435 valence electrons. The van der Waals surface area contributed by atoms with Crippen LogP contribution in [0, 0.1) is 10.8 Å². The van der Waals surface area contributed by atoms with Crippen molar-refractivity contribution in [2.24, 2.45) is 22.3 Å². The Morgan fingerprint density at radius 1 is 0.615 bits per heavy atom. The number of amides is 3. The summed E-state index contributed by atoms with van der Waals surface area (Å²) in [6, 6.07) is -1.28. The number of likely N-dealkylation sites (tertiary alicyclic amines) is 2. The summed E-state index contributed by atoms with van der Waals surface area (Å²) in [5.74, 6) is -1.03. The van der Waals surface area contributed by atoms with Gasteiger partial charge >= 0.3 is 23.9 Å². The van der Waals surface area contributed by atoms with E-state index in [2.05, 4.69) is 36.6 Å². The normalized spacial score (nSPS) is 25.8. The van der Waals surface area contributed by atoms with Gasteiger partial charge in [-0.25, -0.2) is 0 Å². The number of rotatable bonds is 7. The molecule has 0 bridgehead atoms. The molecule has 0 aliphatic carbocycles. The topological polar surface area (TPSA) is 290 Å². The van der Waals surface area contributed by atoms with Gasteiger partial charge in [0.15, 0.2) is 0 Å². The van der Waals surface area contributed by atoms with Crippen LogP contribution >= 0.6 is 0 Å². The van der Waals surface area contributed by atoms with Gasteiger partial charge < -0.3 is 57.0 Å². The third kappa shape index (κ3) is 20.9. The minimum absolute atomic E-state index is 0. The molecule has 0 aromatic carbocycles. The molecule has 27 heteroatoms. The third-order valence-electron chi connectivity index (χ3n) is 14.5. The van der Waals surface area contributed by atoms with E-state index in [-0.39, 0.29) is 156 Å². The second-order valence-corrected chi connectivity index (χ2v) is 18.9. The Morgan fingerprint density at radius 2 is 1.09 bits per heavy atom. The summed E-state index contributed by atoms with van der Waals surface area (Å²) >= 11 is 0. The Balaban J connectivity index is -0.000000202. The van der Waals surface area contributed by atoms with E-state index in [0.717, 1.165) is 90.8 Å². The van der Waals surface area contributed by atoms with Crippen molar-refractivity contribution in [1.29, 1.82) is 0 Å². The summed E-state index contributed by atoms with van der Waals surface area (Å²) < 4.78 is 18.7. The van der Waals surface area contributed by atoms with E-state index in [1.54, 1.807) is 0 Å². The van der Waals surface area contributed by atoms with Crippen LogP contribution < -0.4 is 43.4 Å². The van der Waals surface area contributed by atoms with E-state index < -0.39 is 6.04 Å². The lowest BCUT2D eigenvalue weighted by atomic mass is 9.84. The number of hydrogen-bond acceptors (Lipinski definition) is 19. The molecule has 9 aliphatic heterocycles. The molecule has 15 radical (unpaired) electrons. The van der Waals surface area contributed by atoms with Crippen molar-refractivity contribution in [1.82, 2.24) is 46.6 Å². The summed E-state index contributed by atoms with van der Waals surface area (Å²) in [6.45, 7) is 7.34. The van der Waals surface area contributed by atoms with Gasteiger partial charge in [-0.2, -0.15) is 0 Å². The van der Waals surface area contributed by atoms with Crippen LogP contribution in [0.2, 0.25) is 0 Å². The van der Waals surface area contributed by atoms with Gasteiger partial charge in [0.2, 0.25) is 17.7 Å². The molecule has 10 N–H and O–H groups in total. The monoisotopic (exact) mass is 1090 g/mol. The van der Waals surface area contributed by atoms with Crippen LogP contribution in [-0.2, 0) is 52.5 Å². The van der Waals surface area contributed by atoms with E-state index in [4.69, 9.17) is 25.7 Å². The van der Waals surface area contributed by atoms with Crippen molar-refractivity contribution in [3.05, 3.63) is 34.3 Å². The Bertz CT molecular complexity index is 2010. The highest BCUT2D eigenvalue weighted by molar-refractivity contribution is 5.89. The molecule has 0 saturated carbocycles. The second-order valence-electron chi connectivity index (χ2n) is 18.9. The molecule has 4 fully saturated rings. The molecule has 7 unspecified atom stereocenters. The zero-order valence-electron chi connectivity index (χ0n) is 43.8. The maximum atomic E-state index is 11.7. The number of esters is 4. The number of nitrogens with zero attached hydrogens (tertiary/aromatic N) is 3. The zero-order valence-corrected chi connectivity index (χ0v) is 43.8. The number of methoxy groups -OCH3 is 4. The van der Waals surface area contributed by atoms with Gasteiger partial charge in [-0.3, -0.25) is 53.6 Å². The number of likely N-dealkylation sites (N-methyl/N-ethyl adjacent to an activating group) is 3. The Hall–Kier alpha value is -4.97. The van der Waals surface area contributed by atoms with Crippen LogP contribution in [0.25, 0.3) is 0 Å². The molecular formula is C51H95B5N11O11. The first-order valence-electron chi connectivity index (χ1n) is 23.5. The Morgan fingerprint density at radius 3 is 1.53 bits per heavy atom. The fraction of sp³-hybridized carbons (Fsp3) is 0.745. The molecule has 0 aromatic heterocycles. The van der Waals surface area contributed by atoms with Gasteiger partial charge in [0.05, 0.1) is 45.3 Å². The van der Waals surface area contributed by atoms with E-state index >= 15 is 0 Å². The molecule has 22 nitrogen and oxygen atoms in total. The lowest BCUT2D eigenvalue weighted by Gasteiger charge is -2.31. The van der Waals surface area contributed by atoms with E-state index in [0.29, 0.717) is 32.4 Å². The lowest BCUT2D eigenvalue weighted by molar-refractivity contribution is -0.147. The summed E-state index contributed by atoms with van der Waals surface area (Å²) in [5.41, 5.74) is 16.7. The number of hydrogen-bond donors (Lipinski definition) is 8. The highest BCUT2D eigenvalue weighted by Gasteiger charge is 2.53. The summed E-state index contributed by atoms with van der Waals surface area (Å²) in [5, 5.41) is 18.5. The number of carbonyl (C=O) groups excluding carboxylic acids is 7. The molecule has 3 amide bonds. The first-order chi connectivity index (χ1) is 32.4. The van der Waals surface area contributed by atoms with Gasteiger partial charge in [0.1, 0.15) is 24.2 Å². The minimum atomic E-state index is -0.513. The second kappa shape index (κ2) is 38.6. The van der Waals surface area contributed by atoms with Crippen molar-refractivity contribution in [2.45, 2.75) is 132 Å². The SMILES string of the molecule is C.C.C.C.C.CN1CC2(CCNC2=O)CC1C(N)=O.COC(=O)C(N)CC1=CNCC1.COC(=O)C1CC2(CCNC2=O)CN1C.COC(=O)C1CC2=C(CN1)NCC2.COC(=O)C1CC2=C(CN1C)NCC2.[B].[B].[B].[B].[B]. The van der Waals surface area contributed by atoms with Crippen molar-refractivity contribution in [2.75, 3.05) is 108 Å². The smallest absolute Gasteiger partial charge is 0.323 e. The predicted molar refractivity (Wildman–Crippen MR) is 312 cm³/mol. The number of ether oxygens (including phenoxy) is 4. The molecule has 2 spiro atoms. The van der Waals surface area contributed by atoms with Gasteiger partial charge in [-0.05, 0) is 103 Å². The van der Waals surface area contributed by atoms with Crippen molar-refractivity contribution in [3.8, 4) is 0 Å². The predicted octanol–water partition coefficient (Wildman–Crippen LogP) is -1.04. The average Bonchev–Trinajstić information content (AvgIpc) is 4.22. The highest BCUT2D eigenvalue weighted by Crippen LogP contribution is 2.41. The molecule has 9 rings (SSSR count). The third-order valence-corrected chi connectivity index (χ3v) is 14.5. The van der Waals surface area contributed by atoms with Gasteiger partial charge in [-0.1, -0.05) is 42.7 Å². The van der Waals surface area contributed by atoms with Crippen molar-refractivity contribution < 1.29 is 52.5 Å². The number of nitrogens with one attached hydrogen (secondary N) is 6. The van der Waals surface area contributed by atoms with E-state index in [1.807, 2.05) is 42.0 Å². The Labute approximate surface area is 477 Å². The minimum Gasteiger partial charge on any atom is -0.468 e. The molecule has 0 aromatic rings. The molecule has 9 aliphatic rings. The number of primary amides is 1. The average molecular weight is 1090 g/mol. The lowest BCUT2D eigenvalue weighted by Crippen LogP contribution is -2.44. The fourth-order valence-electron chi connectivity index (χ4n) is 10.5. The zero-order chi connectivity index (χ0) is 49.8. The largest absolute Gasteiger partial charge is 0.468 e. The van der Waals surface area contributed by atoms with Crippen molar-refractivity contribution in [3.63, 3.8) is 0 Å². The summed E-state index contributed by atoms with van der Waals surface area (Å²) in [6.07, 6.45) is 10.1. The quantitative estimate of drug-likeness (QED) is 0.0859. The molecular weight excluding hydrogens is 997 g/mol. The van der Waals surface area contributed by atoms with Gasteiger partial charge in [0, 0.05) is 112 Å². The van der Waals surface area contributed by atoms with Crippen LogP contribution in [0.3, 0.4) is 0 Å². The van der Waals surface area contributed by atoms with Crippen molar-refractivity contribution >= 4 is 83.7 Å². The first-order valence-corrected chi connectivity index (χ1v) is 23.5. The van der Waals surface area contributed by atoms with Crippen LogP contribution in [0.1, 0.15) is 101 Å². The van der Waals surface area contributed by atoms with Crippen LogP contribution in [0.5, 0.6) is 0 Å². The first kappa shape index (κ1) is 84.3. The maximum absolute atomic E-state index is 11.7. The number of nitrogens with two attached hydrogens (primary N) is 2. The number of carbonyl (C=O) groups is 7. The summed E-state index contributed by atoms with van der Waals surface area (Å²) in [4.78, 5) is 85.3. The molecule has 4 saturated heterocycles. The van der Waals surface area contributed by atoms with Crippen LogP contribution in [-0.4, -0.2) is 237 Å². The highest BCUT2D eigenvalue weighted by atomic mass is 16.5. The molecule has 78 heavy (non-hydrogen) atoms. The van der Waals surface area contributed by atoms with Gasteiger partial charge in [-0.15, -0.1) is 0 Å². The van der Waals surface area contributed by atoms with Crippen LogP contribution in [0.4, 0.5) is 0 Å². The standard InChI is InChI=1S/C10H16N2O3.C10H16N2O2.C9H15N3O2.C9H14N2O2.C8H14N2O2.5CH4.5B/c1-12-6-10(3-4-11-9(10)14)5-7(12)8(13)15-2;1-12-6-8-7(3-4-11-8)5-9(12)10(13)14-2;1-12-5-9(2-3-11-8(9)14)4-6(12)7(10)13;1-13-9(12)7-4-6-2-3-10-8(6)5-11-7;1-12-8(11)7(9)4-6-2-3-10-5-6;;;;;;;;;;/h7H,3-6H2,1-2H3,(H,11,14);9,11H,3-6H2,1-2H3;6H,2-5H2,1H3,(H2,10,13)(H,11,14);7,10-11H,2-5H2,1H3;5,7,10H,2-4,9H2,1H3;5*1H4;;;;;. The van der Waals surface area contributed by atoms with Gasteiger partial charge in [0.25, 0.3) is 0 Å². The van der Waals surface area contributed by atoms with E-state index in [1.165, 1.54) is 56.6 Å². The molecule has 7 atom stereocenters. The van der Waals surface area contributed by atoms with Crippen LogP contribution in [0.15, 0.2) is 34.3 Å². The Kier molecular flexibility index (Phi) is 41.7. The fourth-order valence-corrected chi connectivity index (χ4v) is 10.5. The maximum Gasteiger partial charge on any atom is 0.323 e. The summed E-state index contributed by atoms with van der Waals surface area (Å²) in [7, 11) is 11.3.